The molecule has 0 bridgehead atoms. The lowest BCUT2D eigenvalue weighted by Gasteiger charge is -2.18. The Bertz CT molecular complexity index is 923. The van der Waals surface area contributed by atoms with E-state index in [9.17, 15) is 19.2 Å². The zero-order valence-corrected chi connectivity index (χ0v) is 14.5. The molecule has 0 spiro atoms. The van der Waals surface area contributed by atoms with Gasteiger partial charge < -0.3 is 10.5 Å². The van der Waals surface area contributed by atoms with Crippen molar-refractivity contribution < 1.29 is 23.9 Å². The highest BCUT2D eigenvalue weighted by atomic mass is 16.5. The highest BCUT2D eigenvalue weighted by Gasteiger charge is 2.46. The van der Waals surface area contributed by atoms with Gasteiger partial charge in [-0.1, -0.05) is 24.3 Å². The van der Waals surface area contributed by atoms with Crippen molar-refractivity contribution in [3.8, 4) is 5.75 Å². The second-order valence-corrected chi connectivity index (χ2v) is 5.78. The summed E-state index contributed by atoms with van der Waals surface area (Å²) in [6.45, 7) is 2.02. The summed E-state index contributed by atoms with van der Waals surface area (Å²) in [4.78, 5) is 50.3. The molecule has 0 atom stereocenters. The van der Waals surface area contributed by atoms with Gasteiger partial charge in [0.05, 0.1) is 18.8 Å². The fourth-order valence-electron chi connectivity index (χ4n) is 2.73. The van der Waals surface area contributed by atoms with Crippen LogP contribution in [-0.2, 0) is 16.1 Å². The lowest BCUT2D eigenvalue weighted by Crippen LogP contribution is -2.33. The third-order valence-corrected chi connectivity index (χ3v) is 4.04. The first-order valence-electron chi connectivity index (χ1n) is 8.24. The predicted molar refractivity (Wildman–Crippen MR) is 96.0 cm³/mol. The van der Waals surface area contributed by atoms with Gasteiger partial charge in [0.1, 0.15) is 5.75 Å². The third-order valence-electron chi connectivity index (χ3n) is 4.04. The number of amides is 5. The Morgan fingerprint density at radius 3 is 2.30 bits per heavy atom. The van der Waals surface area contributed by atoms with E-state index in [0.717, 1.165) is 9.80 Å². The van der Waals surface area contributed by atoms with Crippen LogP contribution >= 0.6 is 0 Å². The maximum absolute atomic E-state index is 12.7. The molecule has 1 aliphatic heterocycles. The molecule has 1 fully saturated rings. The van der Waals surface area contributed by atoms with Crippen LogP contribution < -0.4 is 15.4 Å². The van der Waals surface area contributed by atoms with Crippen LogP contribution in [0.4, 0.5) is 10.5 Å². The molecule has 1 saturated heterocycles. The van der Waals surface area contributed by atoms with E-state index < -0.39 is 23.8 Å². The molecule has 2 N–H and O–H groups in total. The number of hydrogen-bond donors (Lipinski definition) is 1. The van der Waals surface area contributed by atoms with Crippen LogP contribution in [0.5, 0.6) is 5.75 Å². The fourth-order valence-corrected chi connectivity index (χ4v) is 2.73. The fraction of sp³-hybridized carbons (Fsp3) is 0.158. The van der Waals surface area contributed by atoms with Crippen LogP contribution in [0.15, 0.2) is 48.5 Å². The van der Waals surface area contributed by atoms with E-state index in [1.807, 2.05) is 0 Å². The van der Waals surface area contributed by atoms with Crippen molar-refractivity contribution >= 4 is 29.4 Å². The van der Waals surface area contributed by atoms with Gasteiger partial charge in [-0.2, -0.15) is 0 Å². The number of carbonyl (C=O) groups is 4. The number of nitrogens with zero attached hydrogens (tertiary/aromatic N) is 2. The molecule has 8 heteroatoms. The van der Waals surface area contributed by atoms with Gasteiger partial charge in [-0.05, 0) is 36.8 Å². The number of urea groups is 1. The second-order valence-electron chi connectivity index (χ2n) is 5.78. The Labute approximate surface area is 155 Å². The molecule has 0 saturated carbocycles. The normalized spacial score (nSPS) is 14.0. The molecule has 1 aliphatic rings. The summed E-state index contributed by atoms with van der Waals surface area (Å²) in [5.74, 6) is -2.11. The second kappa shape index (κ2) is 7.28. The molecular formula is C19H17N3O5. The Morgan fingerprint density at radius 1 is 1.00 bits per heavy atom. The number of imide groups is 2. The zero-order valence-electron chi connectivity index (χ0n) is 14.5. The van der Waals surface area contributed by atoms with E-state index >= 15 is 0 Å². The Kier molecular flexibility index (Phi) is 4.89. The number of carbonyl (C=O) groups excluding carboxylic acids is 4. The van der Waals surface area contributed by atoms with Gasteiger partial charge in [0.25, 0.3) is 0 Å². The Balaban J connectivity index is 1.87. The predicted octanol–water partition coefficient (Wildman–Crippen LogP) is 1.68. The topological polar surface area (TPSA) is 110 Å². The molecule has 0 aromatic heterocycles. The zero-order chi connectivity index (χ0) is 19.6. The van der Waals surface area contributed by atoms with Crippen molar-refractivity contribution in [1.82, 2.24) is 4.90 Å². The maximum atomic E-state index is 12.7. The lowest BCUT2D eigenvalue weighted by atomic mass is 10.1. The summed E-state index contributed by atoms with van der Waals surface area (Å²) in [5, 5.41) is 0. The van der Waals surface area contributed by atoms with Gasteiger partial charge in [-0.25, -0.2) is 9.69 Å². The SMILES string of the molecule is CCOc1ccccc1N1C(=O)C(=O)N(Cc2ccc(C(N)=O)cc2)C1=O. The minimum atomic E-state index is -0.944. The average Bonchev–Trinajstić information content (AvgIpc) is 2.86. The molecule has 2 aromatic carbocycles. The summed E-state index contributed by atoms with van der Waals surface area (Å²) in [6.07, 6.45) is 0. The molecule has 8 nitrogen and oxygen atoms in total. The molecular weight excluding hydrogens is 350 g/mol. The number of hydrogen-bond acceptors (Lipinski definition) is 5. The smallest absolute Gasteiger partial charge is 0.339 e. The summed E-state index contributed by atoms with van der Waals surface area (Å²) < 4.78 is 5.45. The van der Waals surface area contributed by atoms with Gasteiger partial charge in [0, 0.05) is 5.56 Å². The third kappa shape index (κ3) is 3.37. The molecule has 0 unspecified atom stereocenters. The van der Waals surface area contributed by atoms with Crippen molar-refractivity contribution in [3.05, 3.63) is 59.7 Å². The maximum Gasteiger partial charge on any atom is 0.339 e. The first-order valence-corrected chi connectivity index (χ1v) is 8.24. The van der Waals surface area contributed by atoms with E-state index in [2.05, 4.69) is 0 Å². The summed E-state index contributed by atoms with van der Waals surface area (Å²) >= 11 is 0. The number of anilines is 1. The van der Waals surface area contributed by atoms with Crippen LogP contribution in [0.25, 0.3) is 0 Å². The van der Waals surface area contributed by atoms with Gasteiger partial charge in [0.15, 0.2) is 0 Å². The van der Waals surface area contributed by atoms with E-state index in [1.165, 1.54) is 12.1 Å². The molecule has 138 valence electrons. The van der Waals surface area contributed by atoms with Crippen LogP contribution in [0.2, 0.25) is 0 Å². The average molecular weight is 367 g/mol. The van der Waals surface area contributed by atoms with Crippen LogP contribution in [-0.4, -0.2) is 35.3 Å². The highest BCUT2D eigenvalue weighted by Crippen LogP contribution is 2.32. The van der Waals surface area contributed by atoms with Gasteiger partial charge in [0.2, 0.25) is 5.91 Å². The summed E-state index contributed by atoms with van der Waals surface area (Å²) in [6, 6.07) is 11.9. The number of primary amides is 1. The van der Waals surface area contributed by atoms with Crippen molar-refractivity contribution in [2.75, 3.05) is 11.5 Å². The van der Waals surface area contributed by atoms with Crippen molar-refractivity contribution in [1.29, 1.82) is 0 Å². The quantitative estimate of drug-likeness (QED) is 0.617. The van der Waals surface area contributed by atoms with E-state index in [-0.39, 0.29) is 12.2 Å². The summed E-state index contributed by atoms with van der Waals surface area (Å²) in [5.41, 5.74) is 6.29. The van der Waals surface area contributed by atoms with E-state index in [4.69, 9.17) is 10.5 Å². The Morgan fingerprint density at radius 2 is 1.67 bits per heavy atom. The number of benzene rings is 2. The largest absolute Gasteiger partial charge is 0.492 e. The lowest BCUT2D eigenvalue weighted by molar-refractivity contribution is -0.139. The summed E-state index contributed by atoms with van der Waals surface area (Å²) in [7, 11) is 0. The molecule has 2 aromatic rings. The standard InChI is InChI=1S/C19H17N3O5/c1-2-27-15-6-4-3-5-14(15)22-18(25)17(24)21(19(22)26)11-12-7-9-13(10-8-12)16(20)23/h3-10H,2,11H2,1H3,(H2,20,23). The number of ether oxygens (including phenoxy) is 1. The molecule has 0 aliphatic carbocycles. The number of rotatable bonds is 6. The first-order chi connectivity index (χ1) is 12.9. The van der Waals surface area contributed by atoms with Crippen molar-refractivity contribution in [2.45, 2.75) is 13.5 Å². The minimum absolute atomic E-state index is 0.101. The van der Waals surface area contributed by atoms with Crippen LogP contribution in [0.3, 0.4) is 0 Å². The molecule has 5 amide bonds. The first kappa shape index (κ1) is 18.1. The van der Waals surface area contributed by atoms with Gasteiger partial charge in [-0.3, -0.25) is 19.3 Å². The van der Waals surface area contributed by atoms with Crippen molar-refractivity contribution in [2.24, 2.45) is 5.73 Å². The monoisotopic (exact) mass is 367 g/mol. The van der Waals surface area contributed by atoms with E-state index in [0.29, 0.717) is 23.5 Å². The van der Waals surface area contributed by atoms with Gasteiger partial charge in [-0.15, -0.1) is 0 Å². The Hall–Kier alpha value is -3.68. The number of nitrogens with two attached hydrogens (primary N) is 1. The van der Waals surface area contributed by atoms with E-state index in [1.54, 1.807) is 43.3 Å². The van der Waals surface area contributed by atoms with Gasteiger partial charge >= 0.3 is 17.8 Å². The molecule has 1 heterocycles. The molecule has 27 heavy (non-hydrogen) atoms. The van der Waals surface area contributed by atoms with Crippen LogP contribution in [0, 0.1) is 0 Å². The molecule has 3 rings (SSSR count). The highest BCUT2D eigenvalue weighted by molar-refractivity contribution is 6.52. The number of para-hydroxylation sites is 2. The van der Waals surface area contributed by atoms with Crippen molar-refractivity contribution in [3.63, 3.8) is 0 Å². The molecule has 0 radical (unpaired) electrons. The van der Waals surface area contributed by atoms with Crippen LogP contribution in [0.1, 0.15) is 22.8 Å². The minimum Gasteiger partial charge on any atom is -0.492 e.